The molecule has 1 aliphatic rings. The molecular formula is C24H28N2O6. The average molecular weight is 440 g/mol. The first-order valence-corrected chi connectivity index (χ1v) is 10.4. The third kappa shape index (κ3) is 4.75. The molecule has 1 aromatic carbocycles. The van der Waals surface area contributed by atoms with Gasteiger partial charge in [0.15, 0.2) is 0 Å². The Morgan fingerprint density at radius 1 is 1.16 bits per heavy atom. The quantitative estimate of drug-likeness (QED) is 0.276. The minimum Gasteiger partial charge on any atom is -0.507 e. The van der Waals surface area contributed by atoms with Crippen molar-refractivity contribution in [3.05, 3.63) is 59.4 Å². The minimum absolute atomic E-state index is 0.0370. The van der Waals surface area contributed by atoms with Gasteiger partial charge in [0, 0.05) is 19.3 Å². The van der Waals surface area contributed by atoms with Gasteiger partial charge in [-0.1, -0.05) is 6.07 Å². The number of ketones is 1. The smallest absolute Gasteiger partial charge is 0.295 e. The number of benzene rings is 1. The Morgan fingerprint density at radius 2 is 1.94 bits per heavy atom. The Bertz CT molecular complexity index is 1000. The zero-order valence-corrected chi connectivity index (χ0v) is 18.7. The Balaban J connectivity index is 2.08. The lowest BCUT2D eigenvalue weighted by molar-refractivity contribution is -0.140. The number of pyridine rings is 1. The molecule has 1 aliphatic heterocycles. The van der Waals surface area contributed by atoms with Crippen molar-refractivity contribution in [2.75, 3.05) is 27.4 Å². The number of rotatable bonds is 9. The Hall–Kier alpha value is -3.39. The number of methoxy groups -OCH3 is 2. The first kappa shape index (κ1) is 23.3. The molecule has 0 radical (unpaired) electrons. The number of hydrogen-bond donors (Lipinski definition) is 1. The van der Waals surface area contributed by atoms with E-state index in [4.69, 9.17) is 14.2 Å². The van der Waals surface area contributed by atoms with Crippen LogP contribution in [0.4, 0.5) is 0 Å². The van der Waals surface area contributed by atoms with Gasteiger partial charge in [0.1, 0.15) is 23.3 Å². The van der Waals surface area contributed by atoms with E-state index in [2.05, 4.69) is 4.98 Å². The molecule has 3 rings (SSSR count). The number of aromatic nitrogens is 1. The van der Waals surface area contributed by atoms with E-state index in [1.807, 2.05) is 13.8 Å². The van der Waals surface area contributed by atoms with Crippen LogP contribution in [-0.4, -0.2) is 60.2 Å². The number of carbonyl (C=O) groups is 2. The summed E-state index contributed by atoms with van der Waals surface area (Å²) in [4.78, 5) is 31.8. The molecule has 1 amide bonds. The van der Waals surface area contributed by atoms with Crippen LogP contribution in [0.5, 0.6) is 11.5 Å². The average Bonchev–Trinajstić information content (AvgIpc) is 3.06. The third-order valence-corrected chi connectivity index (χ3v) is 5.16. The fourth-order valence-electron chi connectivity index (χ4n) is 3.65. The first-order valence-electron chi connectivity index (χ1n) is 10.4. The molecule has 2 heterocycles. The number of carbonyl (C=O) groups excluding carboxylic acids is 2. The second-order valence-corrected chi connectivity index (χ2v) is 7.59. The van der Waals surface area contributed by atoms with Crippen LogP contribution in [0.1, 0.15) is 37.6 Å². The van der Waals surface area contributed by atoms with Crippen LogP contribution in [0.25, 0.3) is 5.76 Å². The van der Waals surface area contributed by atoms with Crippen molar-refractivity contribution >= 4 is 17.4 Å². The topological polar surface area (TPSA) is 98.2 Å². The number of hydrogen-bond acceptors (Lipinski definition) is 7. The fourth-order valence-corrected chi connectivity index (χ4v) is 3.65. The highest BCUT2D eigenvalue weighted by atomic mass is 16.5. The van der Waals surface area contributed by atoms with Gasteiger partial charge in [-0.05, 0) is 50.6 Å². The van der Waals surface area contributed by atoms with Crippen LogP contribution in [0.2, 0.25) is 0 Å². The van der Waals surface area contributed by atoms with E-state index >= 15 is 0 Å². The molecule has 32 heavy (non-hydrogen) atoms. The summed E-state index contributed by atoms with van der Waals surface area (Å²) >= 11 is 0. The van der Waals surface area contributed by atoms with E-state index in [-0.39, 0.29) is 29.5 Å². The number of nitrogens with zero attached hydrogens (tertiary/aromatic N) is 2. The highest BCUT2D eigenvalue weighted by Gasteiger charge is 2.46. The molecule has 2 aromatic rings. The number of amides is 1. The maximum absolute atomic E-state index is 13.1. The van der Waals surface area contributed by atoms with Gasteiger partial charge in [0.25, 0.3) is 11.7 Å². The molecule has 1 saturated heterocycles. The van der Waals surface area contributed by atoms with Crippen molar-refractivity contribution in [1.29, 1.82) is 0 Å². The number of ether oxygens (including phenoxy) is 3. The molecule has 1 unspecified atom stereocenters. The van der Waals surface area contributed by atoms with Gasteiger partial charge in [0.2, 0.25) is 0 Å². The molecule has 8 heteroatoms. The van der Waals surface area contributed by atoms with Crippen LogP contribution in [0.3, 0.4) is 0 Å². The van der Waals surface area contributed by atoms with Gasteiger partial charge >= 0.3 is 0 Å². The summed E-state index contributed by atoms with van der Waals surface area (Å²) in [5.41, 5.74) is 0.707. The van der Waals surface area contributed by atoms with Crippen molar-refractivity contribution in [3.8, 4) is 11.5 Å². The van der Waals surface area contributed by atoms with Crippen molar-refractivity contribution in [2.45, 2.75) is 32.4 Å². The van der Waals surface area contributed by atoms with Crippen LogP contribution in [-0.2, 0) is 14.3 Å². The molecule has 1 N–H and O–H groups in total. The van der Waals surface area contributed by atoms with Gasteiger partial charge in [-0.25, -0.2) is 0 Å². The standard InChI is InChI=1S/C24H28N2O6/c1-15(2)32-13-7-12-26-21(18-8-5-6-11-25-18)20(23(28)24(26)29)22(27)17-14-16(30-3)9-10-19(17)31-4/h5-6,8-11,14-15,21,27H,7,12-13H2,1-4H3/b22-20+. The van der Waals surface area contributed by atoms with Crippen molar-refractivity contribution < 1.29 is 28.9 Å². The molecule has 0 aliphatic carbocycles. The van der Waals surface area contributed by atoms with E-state index in [1.54, 1.807) is 42.6 Å². The van der Waals surface area contributed by atoms with Gasteiger partial charge in [-0.15, -0.1) is 0 Å². The van der Waals surface area contributed by atoms with Gasteiger partial charge in [0.05, 0.1) is 37.2 Å². The summed E-state index contributed by atoms with van der Waals surface area (Å²) in [6.45, 7) is 4.59. The monoisotopic (exact) mass is 440 g/mol. The summed E-state index contributed by atoms with van der Waals surface area (Å²) in [5, 5.41) is 11.2. The number of likely N-dealkylation sites (tertiary alicyclic amines) is 1. The Morgan fingerprint density at radius 3 is 2.56 bits per heavy atom. The molecule has 8 nitrogen and oxygen atoms in total. The number of aliphatic hydroxyl groups is 1. The van der Waals surface area contributed by atoms with Gasteiger partial charge < -0.3 is 24.2 Å². The lowest BCUT2D eigenvalue weighted by atomic mass is 9.97. The number of aliphatic hydroxyl groups excluding tert-OH is 1. The molecule has 1 aromatic heterocycles. The van der Waals surface area contributed by atoms with Crippen molar-refractivity contribution in [2.24, 2.45) is 0 Å². The minimum atomic E-state index is -0.828. The maximum Gasteiger partial charge on any atom is 0.295 e. The van der Waals surface area contributed by atoms with E-state index in [0.29, 0.717) is 30.2 Å². The van der Waals surface area contributed by atoms with Crippen LogP contribution in [0.15, 0.2) is 48.2 Å². The van der Waals surface area contributed by atoms with Crippen molar-refractivity contribution in [3.63, 3.8) is 0 Å². The summed E-state index contributed by atoms with van der Waals surface area (Å²) in [5.74, 6) is -0.974. The highest BCUT2D eigenvalue weighted by molar-refractivity contribution is 6.46. The zero-order valence-electron chi connectivity index (χ0n) is 18.7. The zero-order chi connectivity index (χ0) is 23.3. The van der Waals surface area contributed by atoms with Gasteiger partial charge in [-0.2, -0.15) is 0 Å². The number of Topliss-reactive ketones (excluding diaryl/α,β-unsaturated/α-hetero) is 1. The molecular weight excluding hydrogens is 412 g/mol. The van der Waals surface area contributed by atoms with E-state index < -0.39 is 17.7 Å². The Labute approximate surface area is 187 Å². The van der Waals surface area contributed by atoms with E-state index in [1.165, 1.54) is 19.1 Å². The molecule has 0 spiro atoms. The SMILES string of the molecule is COc1ccc(OC)c(/C(O)=C2\C(=O)C(=O)N(CCCOC(C)C)C2c2ccccn2)c1. The second kappa shape index (κ2) is 10.3. The molecule has 170 valence electrons. The maximum atomic E-state index is 13.1. The first-order chi connectivity index (χ1) is 15.4. The summed E-state index contributed by atoms with van der Waals surface area (Å²) < 4.78 is 16.2. The van der Waals surface area contributed by atoms with Gasteiger partial charge in [-0.3, -0.25) is 14.6 Å². The molecule has 0 saturated carbocycles. The Kier molecular flexibility index (Phi) is 7.48. The molecule has 1 fully saturated rings. The predicted octanol–water partition coefficient (Wildman–Crippen LogP) is 3.34. The normalized spacial score (nSPS) is 17.8. The second-order valence-electron chi connectivity index (χ2n) is 7.59. The third-order valence-electron chi connectivity index (χ3n) is 5.16. The molecule has 1 atom stereocenters. The van der Waals surface area contributed by atoms with Crippen LogP contribution < -0.4 is 9.47 Å². The van der Waals surface area contributed by atoms with Crippen LogP contribution in [0, 0.1) is 0 Å². The molecule has 0 bridgehead atoms. The highest BCUT2D eigenvalue weighted by Crippen LogP contribution is 2.41. The lowest BCUT2D eigenvalue weighted by Crippen LogP contribution is -2.31. The predicted molar refractivity (Wildman–Crippen MR) is 118 cm³/mol. The van der Waals surface area contributed by atoms with E-state index in [9.17, 15) is 14.7 Å². The fraction of sp³-hybridized carbons (Fsp3) is 0.375. The summed E-state index contributed by atoms with van der Waals surface area (Å²) in [6, 6.07) is 9.29. The van der Waals surface area contributed by atoms with Crippen LogP contribution >= 0.6 is 0 Å². The summed E-state index contributed by atoms with van der Waals surface area (Å²) in [7, 11) is 2.96. The summed E-state index contributed by atoms with van der Waals surface area (Å²) in [6.07, 6.45) is 2.19. The van der Waals surface area contributed by atoms with E-state index in [0.717, 1.165) is 0 Å². The van der Waals surface area contributed by atoms with Crippen molar-refractivity contribution in [1.82, 2.24) is 9.88 Å². The largest absolute Gasteiger partial charge is 0.507 e. The lowest BCUT2D eigenvalue weighted by Gasteiger charge is -2.24.